The third-order valence-electron chi connectivity index (χ3n) is 4.05. The smallest absolute Gasteiger partial charge is 0.0995 e. The lowest BCUT2D eigenvalue weighted by Crippen LogP contribution is -2.34. The summed E-state index contributed by atoms with van der Waals surface area (Å²) in [7, 11) is 0. The van der Waals surface area contributed by atoms with Gasteiger partial charge in [-0.2, -0.15) is 0 Å². The molecule has 2 nitrogen and oxygen atoms in total. The van der Waals surface area contributed by atoms with Crippen molar-refractivity contribution in [2.45, 2.75) is 59.0 Å². The quantitative estimate of drug-likeness (QED) is 0.756. The molecule has 1 unspecified atom stereocenters. The van der Waals surface area contributed by atoms with Crippen molar-refractivity contribution in [1.29, 1.82) is 0 Å². The Bertz CT molecular complexity index is 512. The maximum atomic E-state index is 6.32. The van der Waals surface area contributed by atoms with E-state index in [4.69, 9.17) is 12.2 Å². The Balaban J connectivity index is 2.63. The van der Waals surface area contributed by atoms with E-state index in [-0.39, 0.29) is 17.0 Å². The van der Waals surface area contributed by atoms with Crippen molar-refractivity contribution in [2.75, 3.05) is 0 Å². The van der Waals surface area contributed by atoms with Gasteiger partial charge in [0.25, 0.3) is 0 Å². The number of hydrogen-bond acceptors (Lipinski definition) is 1. The molecule has 0 fully saturated rings. The average molecular weight is 244 g/mol. The van der Waals surface area contributed by atoms with Gasteiger partial charge in [0.05, 0.1) is 5.54 Å². The Kier molecular flexibility index (Phi) is 2.87. The molecular weight excluding hydrogens is 220 g/mol. The Labute approximate surface area is 111 Å². The number of rotatable bonds is 1. The van der Waals surface area contributed by atoms with Crippen molar-refractivity contribution >= 4 is 0 Å². The van der Waals surface area contributed by atoms with Crippen molar-refractivity contribution in [3.63, 3.8) is 0 Å². The van der Waals surface area contributed by atoms with Crippen molar-refractivity contribution in [3.05, 3.63) is 23.0 Å². The molecule has 1 aliphatic rings. The van der Waals surface area contributed by atoms with Crippen LogP contribution in [0.4, 0.5) is 0 Å². The van der Waals surface area contributed by atoms with Gasteiger partial charge in [0, 0.05) is 17.4 Å². The van der Waals surface area contributed by atoms with Crippen LogP contribution in [-0.2, 0) is 12.0 Å². The van der Waals surface area contributed by atoms with Crippen LogP contribution in [0.5, 0.6) is 0 Å². The molecule has 1 heterocycles. The Morgan fingerprint density at radius 1 is 1.50 bits per heavy atom. The summed E-state index contributed by atoms with van der Waals surface area (Å²) in [5.74, 6) is 2.90. The van der Waals surface area contributed by atoms with Crippen LogP contribution in [0.25, 0.3) is 0 Å². The highest BCUT2D eigenvalue weighted by molar-refractivity contribution is 5.36. The molecule has 0 radical (unpaired) electrons. The number of hydrogen-bond donors (Lipinski definition) is 1. The molecule has 2 heteroatoms. The van der Waals surface area contributed by atoms with Crippen LogP contribution >= 0.6 is 0 Å². The lowest BCUT2D eigenvalue weighted by atomic mass is 9.74. The van der Waals surface area contributed by atoms with Crippen LogP contribution in [0.1, 0.15) is 57.1 Å². The molecule has 98 valence electrons. The maximum Gasteiger partial charge on any atom is 0.0995 e. The van der Waals surface area contributed by atoms with E-state index in [1.54, 1.807) is 0 Å². The van der Waals surface area contributed by atoms with E-state index in [0.717, 1.165) is 12.8 Å². The van der Waals surface area contributed by atoms with Crippen LogP contribution in [0.3, 0.4) is 0 Å². The number of terminal acetylenes is 1. The summed E-state index contributed by atoms with van der Waals surface area (Å²) in [5.41, 5.74) is 10.1. The van der Waals surface area contributed by atoms with Crippen LogP contribution in [-0.4, -0.2) is 4.57 Å². The summed E-state index contributed by atoms with van der Waals surface area (Å²) in [6, 6.07) is 2.35. The predicted molar refractivity (Wildman–Crippen MR) is 76.4 cm³/mol. The lowest BCUT2D eigenvalue weighted by Gasteiger charge is -2.36. The fourth-order valence-electron chi connectivity index (χ4n) is 3.29. The van der Waals surface area contributed by atoms with E-state index in [2.05, 4.69) is 51.2 Å². The molecule has 1 aromatic heterocycles. The number of aromatic nitrogens is 1. The largest absolute Gasteiger partial charge is 0.332 e. The van der Waals surface area contributed by atoms with Crippen molar-refractivity contribution in [3.8, 4) is 12.3 Å². The van der Waals surface area contributed by atoms with Gasteiger partial charge in [-0.1, -0.05) is 19.8 Å². The second-order valence-corrected chi connectivity index (χ2v) is 6.88. The van der Waals surface area contributed by atoms with Gasteiger partial charge in [0.1, 0.15) is 0 Å². The fraction of sp³-hybridized carbons (Fsp3) is 0.625. The fourth-order valence-corrected chi connectivity index (χ4v) is 3.29. The van der Waals surface area contributed by atoms with E-state index < -0.39 is 0 Å². The highest BCUT2D eigenvalue weighted by atomic mass is 15.1. The van der Waals surface area contributed by atoms with Gasteiger partial charge in [-0.3, -0.25) is 0 Å². The standard InChI is InChI=1S/C16H24N2/c1-7-16(5,6)18-11(2)8-12-13(17)9-15(3,4)10-14(12)18/h1,8,13H,9-10,17H2,2-6H3. The molecule has 0 amide bonds. The molecule has 18 heavy (non-hydrogen) atoms. The molecule has 0 spiro atoms. The Morgan fingerprint density at radius 2 is 2.11 bits per heavy atom. The zero-order valence-electron chi connectivity index (χ0n) is 12.2. The first kappa shape index (κ1) is 13.2. The normalized spacial score (nSPS) is 22.4. The predicted octanol–water partition coefficient (Wildman–Crippen LogP) is 3.14. The van der Waals surface area contributed by atoms with Gasteiger partial charge in [-0.05, 0) is 50.7 Å². The zero-order valence-corrected chi connectivity index (χ0v) is 12.2. The minimum Gasteiger partial charge on any atom is -0.332 e. The summed E-state index contributed by atoms with van der Waals surface area (Å²) < 4.78 is 2.29. The van der Waals surface area contributed by atoms with Crippen LogP contribution in [0.15, 0.2) is 6.07 Å². The molecule has 0 bridgehead atoms. The first-order valence-corrected chi connectivity index (χ1v) is 6.63. The summed E-state index contributed by atoms with van der Waals surface area (Å²) in [6.45, 7) is 10.9. The van der Waals surface area contributed by atoms with E-state index in [9.17, 15) is 0 Å². The maximum absolute atomic E-state index is 6.32. The third kappa shape index (κ3) is 1.97. The van der Waals surface area contributed by atoms with Gasteiger partial charge in [-0.25, -0.2) is 0 Å². The minimum absolute atomic E-state index is 0.136. The molecule has 1 atom stereocenters. The Morgan fingerprint density at radius 3 is 2.67 bits per heavy atom. The second-order valence-electron chi connectivity index (χ2n) is 6.88. The number of nitrogens with zero attached hydrogens (tertiary/aromatic N) is 1. The topological polar surface area (TPSA) is 30.9 Å². The molecule has 1 aliphatic carbocycles. The molecule has 0 saturated carbocycles. The van der Waals surface area contributed by atoms with E-state index >= 15 is 0 Å². The van der Waals surface area contributed by atoms with Gasteiger partial charge < -0.3 is 10.3 Å². The molecular formula is C16H24N2. The van der Waals surface area contributed by atoms with Gasteiger partial charge >= 0.3 is 0 Å². The Hall–Kier alpha value is -1.20. The molecule has 0 saturated heterocycles. The SMILES string of the molecule is C#CC(C)(C)n1c(C)cc2c1CC(C)(C)CC2N. The first-order valence-electron chi connectivity index (χ1n) is 6.63. The number of fused-ring (bicyclic) bond motifs is 1. The van der Waals surface area contributed by atoms with Gasteiger partial charge in [0.15, 0.2) is 0 Å². The van der Waals surface area contributed by atoms with Crippen molar-refractivity contribution < 1.29 is 0 Å². The van der Waals surface area contributed by atoms with Crippen molar-refractivity contribution in [2.24, 2.45) is 11.1 Å². The van der Waals surface area contributed by atoms with Crippen LogP contribution in [0.2, 0.25) is 0 Å². The summed E-state index contributed by atoms with van der Waals surface area (Å²) >= 11 is 0. The highest BCUT2D eigenvalue weighted by Gasteiger charge is 2.35. The first-order chi connectivity index (χ1) is 8.18. The minimum atomic E-state index is -0.287. The summed E-state index contributed by atoms with van der Waals surface area (Å²) in [4.78, 5) is 0. The van der Waals surface area contributed by atoms with E-state index in [1.807, 2.05) is 0 Å². The van der Waals surface area contributed by atoms with E-state index in [0.29, 0.717) is 0 Å². The molecule has 1 aromatic rings. The number of nitrogens with two attached hydrogens (primary N) is 1. The zero-order chi connectivity index (χ0) is 13.7. The van der Waals surface area contributed by atoms with Gasteiger partial charge in [-0.15, -0.1) is 6.42 Å². The summed E-state index contributed by atoms with van der Waals surface area (Å²) in [5, 5.41) is 0. The molecule has 0 aromatic carbocycles. The summed E-state index contributed by atoms with van der Waals surface area (Å²) in [6.07, 6.45) is 7.79. The second kappa shape index (κ2) is 3.90. The third-order valence-corrected chi connectivity index (χ3v) is 4.05. The molecule has 2 rings (SSSR count). The van der Waals surface area contributed by atoms with Crippen LogP contribution < -0.4 is 5.73 Å². The lowest BCUT2D eigenvalue weighted by molar-refractivity contribution is 0.268. The monoisotopic (exact) mass is 244 g/mol. The molecule has 0 aliphatic heterocycles. The van der Waals surface area contributed by atoms with Crippen LogP contribution in [0, 0.1) is 24.7 Å². The van der Waals surface area contributed by atoms with E-state index in [1.165, 1.54) is 17.0 Å². The number of aryl methyl sites for hydroxylation is 1. The average Bonchev–Trinajstić information content (AvgIpc) is 2.54. The van der Waals surface area contributed by atoms with Crippen molar-refractivity contribution in [1.82, 2.24) is 4.57 Å². The van der Waals surface area contributed by atoms with Gasteiger partial charge in [0.2, 0.25) is 0 Å². The molecule has 2 N–H and O–H groups in total. The highest BCUT2D eigenvalue weighted by Crippen LogP contribution is 2.42.